The van der Waals surface area contributed by atoms with Crippen molar-refractivity contribution in [2.75, 3.05) is 6.54 Å². The van der Waals surface area contributed by atoms with Crippen molar-refractivity contribution in [1.82, 2.24) is 5.32 Å². The molecule has 7 heteroatoms. The van der Waals surface area contributed by atoms with Gasteiger partial charge in [-0.1, -0.05) is 29.8 Å². The van der Waals surface area contributed by atoms with Gasteiger partial charge in [-0.25, -0.2) is 0 Å². The van der Waals surface area contributed by atoms with Gasteiger partial charge in [0.1, 0.15) is 5.76 Å². The molecule has 1 amide bonds. The Kier molecular flexibility index (Phi) is 6.07. The molecular weight excluding hydrogens is 378 g/mol. The van der Waals surface area contributed by atoms with Crippen molar-refractivity contribution in [3.63, 3.8) is 0 Å². The second-order valence-electron chi connectivity index (χ2n) is 5.27. The molecule has 0 bridgehead atoms. The Bertz CT molecular complexity index is 874. The molecule has 25 heavy (non-hydrogen) atoms. The highest BCUT2D eigenvalue weighted by Gasteiger charge is 2.14. The molecule has 0 fully saturated rings. The van der Waals surface area contributed by atoms with Gasteiger partial charge in [0.25, 0.3) is 5.91 Å². The molecule has 130 valence electrons. The van der Waals surface area contributed by atoms with Crippen LogP contribution in [-0.2, 0) is 23.0 Å². The lowest BCUT2D eigenvalue weighted by molar-refractivity contribution is 0.0925. The Morgan fingerprint density at radius 3 is 2.76 bits per heavy atom. The fourth-order valence-electron chi connectivity index (χ4n) is 2.26. The minimum absolute atomic E-state index is 0.173. The van der Waals surface area contributed by atoms with E-state index in [0.717, 1.165) is 6.42 Å². The van der Waals surface area contributed by atoms with Crippen LogP contribution in [0.3, 0.4) is 0 Å². The minimum Gasteiger partial charge on any atom is -0.455 e. The third-order valence-corrected chi connectivity index (χ3v) is 6.25. The summed E-state index contributed by atoms with van der Waals surface area (Å²) in [6.07, 6.45) is 0.785. The van der Waals surface area contributed by atoms with E-state index in [-0.39, 0.29) is 17.4 Å². The van der Waals surface area contributed by atoms with Gasteiger partial charge in [-0.15, -0.1) is 11.3 Å². The molecule has 0 spiro atoms. The smallest absolute Gasteiger partial charge is 0.287 e. The van der Waals surface area contributed by atoms with Crippen LogP contribution < -0.4 is 5.32 Å². The maximum atomic E-state index is 12.4. The van der Waals surface area contributed by atoms with E-state index in [9.17, 15) is 9.00 Å². The summed E-state index contributed by atoms with van der Waals surface area (Å²) < 4.78 is 17.9. The summed E-state index contributed by atoms with van der Waals surface area (Å²) in [6, 6.07) is 14.3. The van der Waals surface area contributed by atoms with E-state index < -0.39 is 10.8 Å². The fraction of sp³-hybridized carbons (Fsp3) is 0.167. The number of halogens is 1. The summed E-state index contributed by atoms with van der Waals surface area (Å²) in [5.41, 5.74) is 0. The van der Waals surface area contributed by atoms with E-state index in [1.807, 2.05) is 17.5 Å². The van der Waals surface area contributed by atoms with Crippen LogP contribution in [0.1, 0.15) is 21.2 Å². The Balaban J connectivity index is 1.55. The number of rotatable bonds is 7. The molecule has 1 aromatic carbocycles. The van der Waals surface area contributed by atoms with Crippen molar-refractivity contribution < 1.29 is 13.4 Å². The Hall–Kier alpha value is -1.89. The monoisotopic (exact) mass is 393 g/mol. The lowest BCUT2D eigenvalue weighted by Gasteiger charge is -2.03. The van der Waals surface area contributed by atoms with Gasteiger partial charge in [0.2, 0.25) is 0 Å². The molecule has 0 aliphatic heterocycles. The SMILES string of the molecule is O=C(NCCc1cccs1)c1ccc(C[S@@](=O)c2ccccc2Cl)o1. The summed E-state index contributed by atoms with van der Waals surface area (Å²) in [5, 5.41) is 5.29. The molecule has 2 heterocycles. The zero-order chi connectivity index (χ0) is 17.6. The zero-order valence-electron chi connectivity index (χ0n) is 13.2. The second-order valence-corrected chi connectivity index (χ2v) is 8.13. The molecule has 0 radical (unpaired) electrons. The van der Waals surface area contributed by atoms with Crippen LogP contribution in [0.25, 0.3) is 0 Å². The van der Waals surface area contributed by atoms with Crippen LogP contribution in [-0.4, -0.2) is 16.7 Å². The van der Waals surface area contributed by atoms with Gasteiger partial charge >= 0.3 is 0 Å². The van der Waals surface area contributed by atoms with Gasteiger partial charge in [0, 0.05) is 11.4 Å². The second kappa shape index (κ2) is 8.47. The number of furan rings is 1. The highest BCUT2D eigenvalue weighted by Crippen LogP contribution is 2.22. The van der Waals surface area contributed by atoms with Gasteiger partial charge in [-0.05, 0) is 42.1 Å². The molecule has 2 aromatic heterocycles. The summed E-state index contributed by atoms with van der Waals surface area (Å²) in [6.45, 7) is 0.543. The van der Waals surface area contributed by atoms with Crippen LogP contribution in [0.4, 0.5) is 0 Å². The van der Waals surface area contributed by atoms with Gasteiger partial charge < -0.3 is 9.73 Å². The Morgan fingerprint density at radius 2 is 2.00 bits per heavy atom. The first kappa shape index (κ1) is 17.9. The van der Waals surface area contributed by atoms with Crippen LogP contribution in [0.15, 0.2) is 63.2 Å². The van der Waals surface area contributed by atoms with Crippen LogP contribution in [0.2, 0.25) is 5.02 Å². The summed E-state index contributed by atoms with van der Waals surface area (Å²) in [5.74, 6) is 0.608. The minimum atomic E-state index is -1.33. The van der Waals surface area contributed by atoms with E-state index in [1.54, 1.807) is 47.7 Å². The number of nitrogens with one attached hydrogen (secondary N) is 1. The lowest BCUT2D eigenvalue weighted by Crippen LogP contribution is -2.25. The number of carbonyl (C=O) groups is 1. The lowest BCUT2D eigenvalue weighted by atomic mass is 10.3. The maximum Gasteiger partial charge on any atom is 0.287 e. The van der Waals surface area contributed by atoms with Crippen LogP contribution >= 0.6 is 22.9 Å². The molecule has 3 rings (SSSR count). The van der Waals surface area contributed by atoms with Gasteiger partial charge in [-0.2, -0.15) is 0 Å². The molecule has 3 aromatic rings. The Morgan fingerprint density at radius 1 is 1.16 bits per heavy atom. The Labute approximate surface area is 157 Å². The van der Waals surface area contributed by atoms with E-state index in [0.29, 0.717) is 22.2 Å². The first-order valence-corrected chi connectivity index (χ1v) is 10.2. The predicted octanol–water partition coefficient (Wildman–Crippen LogP) is 4.27. The number of amides is 1. The normalized spacial score (nSPS) is 12.0. The topological polar surface area (TPSA) is 59.3 Å². The zero-order valence-corrected chi connectivity index (χ0v) is 15.6. The van der Waals surface area contributed by atoms with Crippen molar-refractivity contribution in [1.29, 1.82) is 0 Å². The van der Waals surface area contributed by atoms with Crippen molar-refractivity contribution in [3.05, 3.63) is 75.3 Å². The largest absolute Gasteiger partial charge is 0.455 e. The number of thiophene rings is 1. The molecule has 0 saturated carbocycles. The van der Waals surface area contributed by atoms with E-state index in [1.165, 1.54) is 4.88 Å². The molecule has 0 saturated heterocycles. The molecular formula is C18H16ClNO3S2. The van der Waals surface area contributed by atoms with Crippen LogP contribution in [0.5, 0.6) is 0 Å². The summed E-state index contributed by atoms with van der Waals surface area (Å²) in [7, 11) is -1.33. The molecule has 4 nitrogen and oxygen atoms in total. The molecule has 1 N–H and O–H groups in total. The maximum absolute atomic E-state index is 12.4. The first-order chi connectivity index (χ1) is 12.1. The third kappa shape index (κ3) is 4.81. The quantitative estimate of drug-likeness (QED) is 0.651. The average Bonchev–Trinajstić information content (AvgIpc) is 3.27. The highest BCUT2D eigenvalue weighted by molar-refractivity contribution is 7.84. The predicted molar refractivity (Wildman–Crippen MR) is 101 cm³/mol. The average molecular weight is 394 g/mol. The van der Waals surface area contributed by atoms with E-state index >= 15 is 0 Å². The van der Waals surface area contributed by atoms with E-state index in [4.69, 9.17) is 16.0 Å². The molecule has 0 aliphatic carbocycles. The van der Waals surface area contributed by atoms with Gasteiger partial charge in [-0.3, -0.25) is 9.00 Å². The fourth-order valence-corrected chi connectivity index (χ4v) is 4.44. The summed E-state index contributed by atoms with van der Waals surface area (Å²) in [4.78, 5) is 13.9. The number of hydrogen-bond acceptors (Lipinski definition) is 4. The molecule has 1 atom stereocenters. The van der Waals surface area contributed by atoms with Crippen molar-refractivity contribution >= 4 is 39.6 Å². The number of carbonyl (C=O) groups excluding carboxylic acids is 1. The third-order valence-electron chi connectivity index (χ3n) is 3.48. The van der Waals surface area contributed by atoms with Crippen molar-refractivity contribution in [2.45, 2.75) is 17.1 Å². The first-order valence-electron chi connectivity index (χ1n) is 7.65. The van der Waals surface area contributed by atoms with Gasteiger partial charge in [0.15, 0.2) is 5.76 Å². The number of benzene rings is 1. The van der Waals surface area contributed by atoms with Crippen molar-refractivity contribution in [2.24, 2.45) is 0 Å². The molecule has 0 aliphatic rings. The van der Waals surface area contributed by atoms with E-state index in [2.05, 4.69) is 5.32 Å². The molecule has 0 unspecified atom stereocenters. The van der Waals surface area contributed by atoms with Gasteiger partial charge in [0.05, 0.1) is 26.5 Å². The highest BCUT2D eigenvalue weighted by atomic mass is 35.5. The van der Waals surface area contributed by atoms with Crippen LogP contribution in [0, 0.1) is 0 Å². The summed E-state index contributed by atoms with van der Waals surface area (Å²) >= 11 is 7.71. The standard InChI is InChI=1S/C18H16ClNO3S2/c19-15-5-1-2-6-17(15)25(22)12-13-7-8-16(23-13)18(21)20-10-9-14-4-3-11-24-14/h1-8,11H,9-10,12H2,(H,20,21)/t25-/m1/s1. The van der Waals surface area contributed by atoms with Crippen molar-refractivity contribution in [3.8, 4) is 0 Å². The number of hydrogen-bond donors (Lipinski definition) is 1.